The van der Waals surface area contributed by atoms with Crippen LogP contribution in [0.5, 0.6) is 0 Å². The lowest BCUT2D eigenvalue weighted by molar-refractivity contribution is 0.438. The summed E-state index contributed by atoms with van der Waals surface area (Å²) in [6.45, 7) is 8.26. The first kappa shape index (κ1) is 12.0. The third-order valence-electron chi connectivity index (χ3n) is 3.06. The van der Waals surface area contributed by atoms with Gasteiger partial charge in [-0.15, -0.1) is 0 Å². The van der Waals surface area contributed by atoms with E-state index in [2.05, 4.69) is 26.1 Å². The van der Waals surface area contributed by atoms with Crippen LogP contribution in [-0.4, -0.2) is 12.6 Å². The molecular formula is C13H27N. The molecule has 1 aliphatic carbocycles. The average Bonchev–Trinajstić information content (AvgIpc) is 2.92. The molecule has 1 atom stereocenters. The lowest BCUT2D eigenvalue weighted by Crippen LogP contribution is -2.23. The zero-order valence-electron chi connectivity index (χ0n) is 10.2. The molecule has 84 valence electrons. The van der Waals surface area contributed by atoms with E-state index < -0.39 is 0 Å². The summed E-state index contributed by atoms with van der Waals surface area (Å²) in [4.78, 5) is 0. The minimum atomic E-state index is 0.878. The van der Waals surface area contributed by atoms with Crippen molar-refractivity contribution in [2.75, 3.05) is 6.54 Å². The fourth-order valence-corrected chi connectivity index (χ4v) is 1.80. The van der Waals surface area contributed by atoms with Crippen LogP contribution in [0.4, 0.5) is 0 Å². The maximum Gasteiger partial charge on any atom is 0.00683 e. The Balaban J connectivity index is 1.83. The predicted octanol–water partition coefficient (Wildman–Crippen LogP) is 3.59. The van der Waals surface area contributed by atoms with Gasteiger partial charge in [-0.3, -0.25) is 0 Å². The summed E-state index contributed by atoms with van der Waals surface area (Å²) in [5.74, 6) is 1.76. The molecule has 14 heavy (non-hydrogen) atoms. The molecule has 0 aromatic heterocycles. The van der Waals surface area contributed by atoms with E-state index in [0.717, 1.165) is 17.9 Å². The third-order valence-corrected chi connectivity index (χ3v) is 3.06. The highest BCUT2D eigenvalue weighted by Crippen LogP contribution is 2.19. The first-order valence-corrected chi connectivity index (χ1v) is 6.42. The quantitative estimate of drug-likeness (QED) is 0.586. The Morgan fingerprint density at radius 2 is 1.71 bits per heavy atom. The molecule has 1 N–H and O–H groups in total. The molecule has 1 aliphatic rings. The second kappa shape index (κ2) is 6.44. The Labute approximate surface area is 89.7 Å². The van der Waals surface area contributed by atoms with Crippen molar-refractivity contribution in [1.82, 2.24) is 5.32 Å². The van der Waals surface area contributed by atoms with Crippen molar-refractivity contribution in [3.8, 4) is 0 Å². The van der Waals surface area contributed by atoms with E-state index in [0.29, 0.717) is 0 Å². The molecule has 1 unspecified atom stereocenters. The largest absolute Gasteiger partial charge is 0.314 e. The number of hydrogen-bond acceptors (Lipinski definition) is 1. The van der Waals surface area contributed by atoms with Gasteiger partial charge in [0, 0.05) is 6.04 Å². The molecule has 0 aromatic rings. The van der Waals surface area contributed by atoms with Crippen molar-refractivity contribution in [1.29, 1.82) is 0 Å². The summed E-state index contributed by atoms with van der Waals surface area (Å²) in [6.07, 6.45) is 8.49. The molecule has 1 rings (SSSR count). The maximum absolute atomic E-state index is 3.61. The highest BCUT2D eigenvalue weighted by atomic mass is 14.9. The molecular weight excluding hydrogens is 170 g/mol. The van der Waals surface area contributed by atoms with Crippen LogP contribution < -0.4 is 5.32 Å². The molecule has 0 radical (unpaired) electrons. The number of unbranched alkanes of at least 4 members (excludes halogenated alkanes) is 1. The van der Waals surface area contributed by atoms with Crippen molar-refractivity contribution in [2.24, 2.45) is 11.8 Å². The van der Waals surface area contributed by atoms with E-state index in [1.54, 1.807) is 0 Å². The summed E-state index contributed by atoms with van der Waals surface area (Å²) in [5.41, 5.74) is 0. The van der Waals surface area contributed by atoms with Gasteiger partial charge in [0.1, 0.15) is 0 Å². The molecule has 1 heteroatoms. The van der Waals surface area contributed by atoms with Gasteiger partial charge >= 0.3 is 0 Å². The molecule has 0 bridgehead atoms. The zero-order valence-corrected chi connectivity index (χ0v) is 10.2. The summed E-state index contributed by atoms with van der Waals surface area (Å²) in [7, 11) is 0. The lowest BCUT2D eigenvalue weighted by Gasteiger charge is -2.12. The van der Waals surface area contributed by atoms with Crippen molar-refractivity contribution in [3.05, 3.63) is 0 Å². The minimum absolute atomic E-state index is 0.878. The van der Waals surface area contributed by atoms with E-state index in [-0.39, 0.29) is 0 Å². The normalized spacial score (nSPS) is 18.9. The first-order valence-electron chi connectivity index (χ1n) is 6.42. The SMILES string of the molecule is CC(C)CCCCC(C)CNC1CC1. The van der Waals surface area contributed by atoms with Crippen molar-refractivity contribution in [3.63, 3.8) is 0 Å². The number of nitrogens with one attached hydrogen (secondary N) is 1. The lowest BCUT2D eigenvalue weighted by atomic mass is 10.00. The Bertz CT molecular complexity index is 138. The summed E-state index contributed by atoms with van der Waals surface area (Å²) < 4.78 is 0. The van der Waals surface area contributed by atoms with Gasteiger partial charge in [-0.05, 0) is 37.6 Å². The highest BCUT2D eigenvalue weighted by molar-refractivity contribution is 4.81. The molecule has 0 spiro atoms. The highest BCUT2D eigenvalue weighted by Gasteiger charge is 2.20. The van der Waals surface area contributed by atoms with Crippen molar-refractivity contribution in [2.45, 2.75) is 65.3 Å². The van der Waals surface area contributed by atoms with Crippen LogP contribution in [0.15, 0.2) is 0 Å². The summed E-state index contributed by atoms with van der Waals surface area (Å²) in [5, 5.41) is 3.61. The van der Waals surface area contributed by atoms with Gasteiger partial charge in [0.15, 0.2) is 0 Å². The third kappa shape index (κ3) is 6.42. The van der Waals surface area contributed by atoms with E-state index in [4.69, 9.17) is 0 Å². The first-order chi connectivity index (χ1) is 6.68. The molecule has 0 saturated heterocycles. The van der Waals surface area contributed by atoms with Crippen molar-refractivity contribution >= 4 is 0 Å². The predicted molar refractivity (Wildman–Crippen MR) is 63.5 cm³/mol. The molecule has 1 fully saturated rings. The minimum Gasteiger partial charge on any atom is -0.314 e. The number of hydrogen-bond donors (Lipinski definition) is 1. The standard InChI is InChI=1S/C13H27N/c1-11(2)6-4-5-7-12(3)10-14-13-8-9-13/h11-14H,4-10H2,1-3H3. The van der Waals surface area contributed by atoms with E-state index in [1.807, 2.05) is 0 Å². The van der Waals surface area contributed by atoms with Crippen LogP contribution in [0.3, 0.4) is 0 Å². The van der Waals surface area contributed by atoms with E-state index >= 15 is 0 Å². The van der Waals surface area contributed by atoms with Crippen LogP contribution >= 0.6 is 0 Å². The topological polar surface area (TPSA) is 12.0 Å². The second-order valence-electron chi connectivity index (χ2n) is 5.47. The maximum atomic E-state index is 3.61. The second-order valence-corrected chi connectivity index (χ2v) is 5.47. The van der Waals surface area contributed by atoms with Crippen molar-refractivity contribution < 1.29 is 0 Å². The van der Waals surface area contributed by atoms with Gasteiger partial charge in [-0.2, -0.15) is 0 Å². The Kier molecular flexibility index (Phi) is 5.54. The Hall–Kier alpha value is -0.0400. The smallest absolute Gasteiger partial charge is 0.00683 e. The number of rotatable bonds is 8. The van der Waals surface area contributed by atoms with Crippen LogP contribution in [0.2, 0.25) is 0 Å². The molecule has 0 amide bonds. The van der Waals surface area contributed by atoms with Crippen LogP contribution in [0, 0.1) is 11.8 Å². The van der Waals surface area contributed by atoms with Crippen LogP contribution in [-0.2, 0) is 0 Å². The molecule has 1 nitrogen and oxygen atoms in total. The Morgan fingerprint density at radius 3 is 2.29 bits per heavy atom. The van der Waals surface area contributed by atoms with Crippen LogP contribution in [0.25, 0.3) is 0 Å². The summed E-state index contributed by atoms with van der Waals surface area (Å²) in [6, 6.07) is 0.883. The molecule has 0 heterocycles. The van der Waals surface area contributed by atoms with Gasteiger partial charge < -0.3 is 5.32 Å². The zero-order chi connectivity index (χ0) is 10.4. The van der Waals surface area contributed by atoms with Gasteiger partial charge in [0.25, 0.3) is 0 Å². The average molecular weight is 197 g/mol. The monoisotopic (exact) mass is 197 g/mol. The van der Waals surface area contributed by atoms with E-state index in [9.17, 15) is 0 Å². The van der Waals surface area contributed by atoms with Gasteiger partial charge in [0.05, 0.1) is 0 Å². The summed E-state index contributed by atoms with van der Waals surface area (Å²) >= 11 is 0. The fraction of sp³-hybridized carbons (Fsp3) is 1.00. The fourth-order valence-electron chi connectivity index (χ4n) is 1.80. The molecule has 0 aliphatic heterocycles. The Morgan fingerprint density at radius 1 is 1.07 bits per heavy atom. The van der Waals surface area contributed by atoms with Crippen LogP contribution in [0.1, 0.15) is 59.3 Å². The van der Waals surface area contributed by atoms with E-state index in [1.165, 1.54) is 45.1 Å². The molecule has 0 aromatic carbocycles. The molecule has 1 saturated carbocycles. The van der Waals surface area contributed by atoms with Gasteiger partial charge in [-0.1, -0.05) is 40.0 Å². The van der Waals surface area contributed by atoms with Gasteiger partial charge in [-0.25, -0.2) is 0 Å². The van der Waals surface area contributed by atoms with Gasteiger partial charge in [0.2, 0.25) is 0 Å².